The van der Waals surface area contributed by atoms with Crippen LogP contribution >= 0.6 is 0 Å². The zero-order chi connectivity index (χ0) is 22.9. The second-order valence-corrected chi connectivity index (χ2v) is 6.83. The van der Waals surface area contributed by atoms with Crippen molar-refractivity contribution in [3.63, 3.8) is 0 Å². The maximum Gasteiger partial charge on any atom is 0.416 e. The first-order valence-corrected chi connectivity index (χ1v) is 10.1. The summed E-state index contributed by atoms with van der Waals surface area (Å²) in [7, 11) is 1.87. The topological polar surface area (TPSA) is 75.9 Å². The molecule has 1 aromatic carbocycles. The minimum absolute atomic E-state index is 0.526. The summed E-state index contributed by atoms with van der Waals surface area (Å²) in [6, 6.07) is 6.58. The van der Waals surface area contributed by atoms with Gasteiger partial charge in [0.1, 0.15) is 0 Å². The summed E-state index contributed by atoms with van der Waals surface area (Å²) in [6.45, 7) is 5.36. The molecule has 6 nitrogen and oxygen atoms in total. The van der Waals surface area contributed by atoms with Gasteiger partial charge in [0.15, 0.2) is 5.82 Å². The third-order valence-corrected chi connectivity index (χ3v) is 4.71. The Bertz CT molecular complexity index is 905. The molecule has 0 saturated carbocycles. The Labute approximate surface area is 180 Å². The lowest BCUT2D eigenvalue weighted by molar-refractivity contribution is -0.137. The highest BCUT2D eigenvalue weighted by Crippen LogP contribution is 2.34. The molecule has 0 unspecified atom stereocenters. The van der Waals surface area contributed by atoms with Gasteiger partial charge < -0.3 is 10.4 Å². The van der Waals surface area contributed by atoms with Crippen LogP contribution in [0.4, 0.5) is 13.2 Å². The van der Waals surface area contributed by atoms with Crippen LogP contribution in [-0.2, 0) is 18.8 Å². The molecule has 1 aliphatic heterocycles. The van der Waals surface area contributed by atoms with E-state index in [0.717, 1.165) is 17.7 Å². The maximum absolute atomic E-state index is 12.4. The summed E-state index contributed by atoms with van der Waals surface area (Å²) in [6.07, 6.45) is 3.79. The number of nitrogens with one attached hydrogen (secondary N) is 1. The largest absolute Gasteiger partial charge is 0.416 e. The Morgan fingerprint density at radius 2 is 1.61 bits per heavy atom. The normalized spacial score (nSPS) is 15.2. The smallest absolute Gasteiger partial charge is 0.385 e. The first-order chi connectivity index (χ1) is 14.8. The molecule has 2 aromatic heterocycles. The summed E-state index contributed by atoms with van der Waals surface area (Å²) in [4.78, 5) is 8.20. The van der Waals surface area contributed by atoms with E-state index in [0.29, 0.717) is 37.3 Å². The quantitative estimate of drug-likeness (QED) is 0.632. The van der Waals surface area contributed by atoms with Crippen LogP contribution in [0.3, 0.4) is 0 Å². The van der Waals surface area contributed by atoms with Crippen LogP contribution in [0.1, 0.15) is 37.8 Å². The molecular formula is C22H28F3N5O. The zero-order valence-electron chi connectivity index (χ0n) is 17.9. The maximum atomic E-state index is 12.4. The summed E-state index contributed by atoms with van der Waals surface area (Å²) in [5, 5.41) is 17.5. The molecular weight excluding hydrogens is 407 g/mol. The predicted molar refractivity (Wildman–Crippen MR) is 113 cm³/mol. The molecule has 0 radical (unpaired) electrons. The van der Waals surface area contributed by atoms with E-state index in [1.807, 2.05) is 27.1 Å². The highest BCUT2D eigenvalue weighted by molar-refractivity contribution is 5.51. The van der Waals surface area contributed by atoms with Crippen molar-refractivity contribution in [3.8, 4) is 11.4 Å². The molecule has 3 aromatic rings. The molecule has 9 heteroatoms. The Morgan fingerprint density at radius 1 is 1.03 bits per heavy atom. The number of benzene rings is 1. The molecule has 0 amide bonds. The van der Waals surface area contributed by atoms with Crippen molar-refractivity contribution in [2.24, 2.45) is 7.05 Å². The van der Waals surface area contributed by atoms with Crippen molar-refractivity contribution in [3.05, 3.63) is 66.2 Å². The van der Waals surface area contributed by atoms with Crippen molar-refractivity contribution in [1.82, 2.24) is 25.1 Å². The molecule has 0 aliphatic carbocycles. The third-order valence-electron chi connectivity index (χ3n) is 4.71. The molecule has 3 heterocycles. The van der Waals surface area contributed by atoms with Crippen LogP contribution in [0.2, 0.25) is 0 Å². The van der Waals surface area contributed by atoms with E-state index in [-0.39, 0.29) is 0 Å². The molecule has 1 fully saturated rings. The van der Waals surface area contributed by atoms with E-state index in [1.165, 1.54) is 12.1 Å². The predicted octanol–water partition coefficient (Wildman–Crippen LogP) is 4.18. The van der Waals surface area contributed by atoms with Gasteiger partial charge in [-0.25, -0.2) is 9.97 Å². The highest BCUT2D eigenvalue weighted by atomic mass is 19.4. The molecule has 31 heavy (non-hydrogen) atoms. The summed E-state index contributed by atoms with van der Waals surface area (Å²) in [5.41, 5.74) is -0.168. The summed E-state index contributed by atoms with van der Waals surface area (Å²) >= 11 is 0. The first-order valence-electron chi connectivity index (χ1n) is 10.1. The van der Waals surface area contributed by atoms with E-state index in [9.17, 15) is 18.3 Å². The fourth-order valence-electron chi connectivity index (χ4n) is 3.08. The minimum Gasteiger partial charge on any atom is -0.385 e. The summed E-state index contributed by atoms with van der Waals surface area (Å²) in [5.74, 6) is 0.714. The molecule has 1 saturated heterocycles. The van der Waals surface area contributed by atoms with Gasteiger partial charge in [-0.3, -0.25) is 4.68 Å². The number of aliphatic hydroxyl groups is 1. The molecule has 0 spiro atoms. The standard InChI is InChI=1S/C12H14F3NO.C8H8N4.C2H6/c13-12(14,15)10-3-1-9(2-4-10)11(17)5-7-16-8-6-11;1-12-6-7(5-11-12)8-9-3-2-4-10-8;1-2/h1-4,16-17H,5-8H2;2-6H,1H3;1-2H3. The first kappa shape index (κ1) is 24.5. The zero-order valence-corrected chi connectivity index (χ0v) is 17.9. The van der Waals surface area contributed by atoms with Gasteiger partial charge in [0.2, 0.25) is 0 Å². The molecule has 0 atom stereocenters. The van der Waals surface area contributed by atoms with Crippen LogP contribution in [0, 0.1) is 0 Å². The fraction of sp³-hybridized carbons (Fsp3) is 0.409. The van der Waals surface area contributed by atoms with Crippen LogP contribution in [0.25, 0.3) is 11.4 Å². The Kier molecular flexibility index (Phi) is 8.70. The number of hydrogen-bond donors (Lipinski definition) is 2. The SMILES string of the molecule is CC.Cn1cc(-c2ncccn2)cn1.OC1(c2ccc(C(F)(F)F)cc2)CCNCC1. The molecule has 4 rings (SSSR count). The lowest BCUT2D eigenvalue weighted by Gasteiger charge is -2.33. The van der Waals surface area contributed by atoms with E-state index >= 15 is 0 Å². The number of rotatable bonds is 2. The van der Waals surface area contributed by atoms with Gasteiger partial charge in [0.05, 0.1) is 22.9 Å². The van der Waals surface area contributed by atoms with Gasteiger partial charge >= 0.3 is 6.18 Å². The van der Waals surface area contributed by atoms with Crippen molar-refractivity contribution < 1.29 is 18.3 Å². The Morgan fingerprint density at radius 3 is 2.10 bits per heavy atom. The van der Waals surface area contributed by atoms with Crippen molar-refractivity contribution in [1.29, 1.82) is 0 Å². The van der Waals surface area contributed by atoms with Gasteiger partial charge in [-0.2, -0.15) is 18.3 Å². The Hall–Kier alpha value is -2.78. The van der Waals surface area contributed by atoms with Crippen molar-refractivity contribution >= 4 is 0 Å². The van der Waals surface area contributed by atoms with Gasteiger partial charge in [-0.1, -0.05) is 26.0 Å². The molecule has 168 valence electrons. The van der Waals surface area contributed by atoms with Crippen molar-refractivity contribution in [2.75, 3.05) is 13.1 Å². The lowest BCUT2D eigenvalue weighted by Crippen LogP contribution is -2.39. The number of aryl methyl sites for hydroxylation is 1. The van der Waals surface area contributed by atoms with Gasteiger partial charge in [-0.15, -0.1) is 0 Å². The number of piperidine rings is 1. The van der Waals surface area contributed by atoms with Gasteiger partial charge in [-0.05, 0) is 49.7 Å². The lowest BCUT2D eigenvalue weighted by atomic mass is 9.85. The Balaban J connectivity index is 0.000000214. The fourth-order valence-corrected chi connectivity index (χ4v) is 3.08. The molecule has 1 aliphatic rings. The highest BCUT2D eigenvalue weighted by Gasteiger charge is 2.33. The van der Waals surface area contributed by atoms with Gasteiger partial charge in [0, 0.05) is 25.6 Å². The third kappa shape index (κ3) is 6.86. The molecule has 0 bridgehead atoms. The second kappa shape index (κ2) is 11.0. The van der Waals surface area contributed by atoms with E-state index < -0.39 is 17.3 Å². The number of halogens is 3. The van der Waals surface area contributed by atoms with Gasteiger partial charge in [0.25, 0.3) is 0 Å². The van der Waals surface area contributed by atoms with Crippen molar-refractivity contribution in [2.45, 2.75) is 38.5 Å². The van der Waals surface area contributed by atoms with E-state index in [1.54, 1.807) is 29.3 Å². The van der Waals surface area contributed by atoms with Crippen LogP contribution in [0.15, 0.2) is 55.1 Å². The van der Waals surface area contributed by atoms with E-state index in [2.05, 4.69) is 20.4 Å². The number of hydrogen-bond acceptors (Lipinski definition) is 5. The number of aromatic nitrogens is 4. The van der Waals surface area contributed by atoms with E-state index in [4.69, 9.17) is 0 Å². The monoisotopic (exact) mass is 435 g/mol. The van der Waals surface area contributed by atoms with Crippen LogP contribution < -0.4 is 5.32 Å². The average Bonchev–Trinajstić information content (AvgIpc) is 3.23. The number of alkyl halides is 3. The van der Waals surface area contributed by atoms with Crippen LogP contribution in [0.5, 0.6) is 0 Å². The minimum atomic E-state index is -4.32. The molecule has 2 N–H and O–H groups in total. The van der Waals surface area contributed by atoms with Crippen LogP contribution in [-0.4, -0.2) is 37.9 Å². The average molecular weight is 435 g/mol. The second-order valence-electron chi connectivity index (χ2n) is 6.83. The summed E-state index contributed by atoms with van der Waals surface area (Å²) < 4.78 is 38.9. The number of nitrogens with zero attached hydrogens (tertiary/aromatic N) is 4.